The Kier molecular flexibility index (Phi) is 3.95. The van der Waals surface area contributed by atoms with E-state index in [1.165, 1.54) is 0 Å². The summed E-state index contributed by atoms with van der Waals surface area (Å²) >= 11 is 0. The first kappa shape index (κ1) is 17.5. The molecule has 1 aromatic rings. The minimum atomic E-state index is -1.26. The van der Waals surface area contributed by atoms with Gasteiger partial charge in [0.05, 0.1) is 17.1 Å². The second-order valence-corrected chi connectivity index (χ2v) is 7.71. The number of aliphatic hydroxyl groups is 3. The van der Waals surface area contributed by atoms with Crippen molar-refractivity contribution in [3.05, 3.63) is 52.0 Å². The van der Waals surface area contributed by atoms with Gasteiger partial charge in [0.25, 0.3) is 0 Å². The molecule has 4 N–H and O–H groups in total. The molecule has 0 saturated heterocycles. The van der Waals surface area contributed by atoms with Gasteiger partial charge in [-0.25, -0.2) is 0 Å². The summed E-state index contributed by atoms with van der Waals surface area (Å²) in [4.78, 5) is 13.0. The molecule has 3 unspecified atom stereocenters. The first-order chi connectivity index (χ1) is 11.6. The highest BCUT2D eigenvalue weighted by Crippen LogP contribution is 2.52. The van der Waals surface area contributed by atoms with Crippen molar-refractivity contribution in [2.24, 2.45) is 11.3 Å². The third kappa shape index (κ3) is 2.63. The summed E-state index contributed by atoms with van der Waals surface area (Å²) in [5, 5.41) is 40.7. The molecule has 5 nitrogen and oxygen atoms in total. The number of carbonyl (C=O) groups excluding carboxylic acids is 1. The van der Waals surface area contributed by atoms with Crippen molar-refractivity contribution in [2.75, 3.05) is 0 Å². The van der Waals surface area contributed by atoms with Crippen LogP contribution in [0.15, 0.2) is 40.9 Å². The van der Waals surface area contributed by atoms with Crippen LogP contribution < -0.4 is 0 Å². The van der Waals surface area contributed by atoms with Crippen molar-refractivity contribution in [3.63, 3.8) is 0 Å². The first-order valence-corrected chi connectivity index (χ1v) is 8.43. The molecule has 2 aliphatic carbocycles. The second-order valence-electron chi connectivity index (χ2n) is 7.71. The van der Waals surface area contributed by atoms with E-state index in [0.29, 0.717) is 6.42 Å². The highest BCUT2D eigenvalue weighted by molar-refractivity contribution is 6.02. The van der Waals surface area contributed by atoms with E-state index in [0.717, 1.165) is 11.1 Å². The Balaban J connectivity index is 1.92. The maximum Gasteiger partial charge on any atom is 0.168 e. The molecular weight excluding hydrogens is 320 g/mol. The fourth-order valence-corrected chi connectivity index (χ4v) is 3.77. The molecule has 25 heavy (non-hydrogen) atoms. The quantitative estimate of drug-likeness (QED) is 0.673. The predicted molar refractivity (Wildman–Crippen MR) is 93.5 cm³/mol. The number of phenols is 1. The number of rotatable bonds is 3. The summed E-state index contributed by atoms with van der Waals surface area (Å²) < 4.78 is 0. The SMILES string of the molecule is CC1=C(O)C(C)(C)C(O)C(C(=O)C2CC2c2ccc(O)cc2C)=C1O. The molecule has 3 rings (SSSR count). The van der Waals surface area contributed by atoms with Crippen LogP contribution in [-0.4, -0.2) is 32.3 Å². The summed E-state index contributed by atoms with van der Waals surface area (Å²) in [5.41, 5.74) is 1.11. The van der Waals surface area contributed by atoms with E-state index in [1.54, 1.807) is 32.9 Å². The summed E-state index contributed by atoms with van der Waals surface area (Å²) in [7, 11) is 0. The predicted octanol–water partition coefficient (Wildman–Crippen LogP) is 3.42. The summed E-state index contributed by atoms with van der Waals surface area (Å²) in [6.07, 6.45) is -0.616. The number of hydrogen-bond acceptors (Lipinski definition) is 5. The molecule has 0 radical (unpaired) electrons. The van der Waals surface area contributed by atoms with E-state index < -0.39 is 11.5 Å². The van der Waals surface area contributed by atoms with Gasteiger partial charge < -0.3 is 20.4 Å². The molecule has 134 valence electrons. The van der Waals surface area contributed by atoms with Crippen molar-refractivity contribution < 1.29 is 25.2 Å². The van der Waals surface area contributed by atoms with Gasteiger partial charge in [-0.2, -0.15) is 0 Å². The minimum absolute atomic E-state index is 0.00997. The number of allylic oxidation sites excluding steroid dienone is 1. The van der Waals surface area contributed by atoms with Crippen LogP contribution in [0, 0.1) is 18.3 Å². The number of Topliss-reactive ketones (excluding diaryl/α,β-unsaturated/α-hetero) is 1. The van der Waals surface area contributed by atoms with Gasteiger partial charge in [0, 0.05) is 11.5 Å². The van der Waals surface area contributed by atoms with Crippen molar-refractivity contribution in [1.29, 1.82) is 0 Å². The van der Waals surface area contributed by atoms with Crippen LogP contribution in [0.25, 0.3) is 0 Å². The first-order valence-electron chi connectivity index (χ1n) is 8.43. The molecule has 1 aromatic carbocycles. The lowest BCUT2D eigenvalue weighted by Gasteiger charge is -2.36. The maximum atomic E-state index is 13.0. The summed E-state index contributed by atoms with van der Waals surface area (Å²) in [6, 6.07) is 5.08. The molecule has 0 bridgehead atoms. The molecule has 0 spiro atoms. The molecule has 1 saturated carbocycles. The summed E-state index contributed by atoms with van der Waals surface area (Å²) in [5.74, 6) is -0.797. The molecule has 1 fully saturated rings. The molecular formula is C20H24O5. The Morgan fingerprint density at radius 1 is 1.16 bits per heavy atom. The Labute approximate surface area is 146 Å². The Morgan fingerprint density at radius 3 is 2.40 bits per heavy atom. The van der Waals surface area contributed by atoms with Crippen molar-refractivity contribution in [2.45, 2.75) is 46.1 Å². The lowest BCUT2D eigenvalue weighted by molar-refractivity contribution is -0.119. The van der Waals surface area contributed by atoms with Gasteiger partial charge in [-0.05, 0) is 63.3 Å². The van der Waals surface area contributed by atoms with Crippen LogP contribution in [0.3, 0.4) is 0 Å². The molecule has 0 heterocycles. The largest absolute Gasteiger partial charge is 0.511 e. The van der Waals surface area contributed by atoms with Gasteiger partial charge in [0.2, 0.25) is 0 Å². The van der Waals surface area contributed by atoms with Gasteiger partial charge in [0.1, 0.15) is 17.3 Å². The smallest absolute Gasteiger partial charge is 0.168 e. The molecule has 0 aromatic heterocycles. The molecule has 5 heteroatoms. The Hall–Kier alpha value is -2.27. The number of aromatic hydroxyl groups is 1. The van der Waals surface area contributed by atoms with E-state index >= 15 is 0 Å². The van der Waals surface area contributed by atoms with Gasteiger partial charge in [-0.1, -0.05) is 6.07 Å². The number of ketones is 1. The highest BCUT2D eigenvalue weighted by atomic mass is 16.3. The number of aryl methyl sites for hydroxylation is 1. The number of carbonyl (C=O) groups is 1. The zero-order valence-electron chi connectivity index (χ0n) is 14.9. The lowest BCUT2D eigenvalue weighted by Crippen LogP contribution is -2.40. The number of phenolic OH excluding ortho intramolecular Hbond substituents is 1. The van der Waals surface area contributed by atoms with E-state index in [-0.39, 0.29) is 46.0 Å². The zero-order valence-corrected chi connectivity index (χ0v) is 14.9. The van der Waals surface area contributed by atoms with Crippen LogP contribution >= 0.6 is 0 Å². The average molecular weight is 344 g/mol. The third-order valence-electron chi connectivity index (χ3n) is 5.58. The van der Waals surface area contributed by atoms with Crippen molar-refractivity contribution in [3.8, 4) is 5.75 Å². The van der Waals surface area contributed by atoms with E-state index in [2.05, 4.69) is 0 Å². The third-order valence-corrected chi connectivity index (χ3v) is 5.58. The topological polar surface area (TPSA) is 98.0 Å². The van der Waals surface area contributed by atoms with Crippen LogP contribution in [0.4, 0.5) is 0 Å². The number of aliphatic hydroxyl groups excluding tert-OH is 3. The van der Waals surface area contributed by atoms with Crippen LogP contribution in [-0.2, 0) is 4.79 Å². The number of hydrogen-bond donors (Lipinski definition) is 4. The molecule has 3 atom stereocenters. The van der Waals surface area contributed by atoms with Crippen LogP contribution in [0.5, 0.6) is 5.75 Å². The van der Waals surface area contributed by atoms with Gasteiger partial charge in [-0.3, -0.25) is 4.79 Å². The van der Waals surface area contributed by atoms with E-state index in [9.17, 15) is 25.2 Å². The standard InChI is InChI=1S/C20H24O5/c1-9-7-11(21)5-6-12(9)13-8-14(13)17(23)15-16(22)10(2)18(24)20(3,4)19(15)25/h5-7,13-14,19,21-22,24-25H,8H2,1-4H3. The lowest BCUT2D eigenvalue weighted by atomic mass is 9.73. The molecule has 2 aliphatic rings. The minimum Gasteiger partial charge on any atom is -0.511 e. The maximum absolute atomic E-state index is 13.0. The van der Waals surface area contributed by atoms with E-state index in [4.69, 9.17) is 0 Å². The molecule has 0 aliphatic heterocycles. The van der Waals surface area contributed by atoms with Gasteiger partial charge >= 0.3 is 0 Å². The van der Waals surface area contributed by atoms with Gasteiger partial charge in [-0.15, -0.1) is 0 Å². The fraction of sp³-hybridized carbons (Fsp3) is 0.450. The van der Waals surface area contributed by atoms with Crippen LogP contribution in [0.2, 0.25) is 0 Å². The zero-order chi connectivity index (χ0) is 18.7. The van der Waals surface area contributed by atoms with Crippen molar-refractivity contribution >= 4 is 5.78 Å². The number of benzene rings is 1. The molecule has 0 amide bonds. The monoisotopic (exact) mass is 344 g/mol. The summed E-state index contributed by atoms with van der Waals surface area (Å²) in [6.45, 7) is 6.71. The fourth-order valence-electron chi connectivity index (χ4n) is 3.77. The Morgan fingerprint density at radius 2 is 1.80 bits per heavy atom. The highest BCUT2D eigenvalue weighted by Gasteiger charge is 2.51. The Bertz CT molecular complexity index is 815. The average Bonchev–Trinajstić information content (AvgIpc) is 3.32. The normalized spacial score (nSPS) is 28.3. The van der Waals surface area contributed by atoms with Crippen molar-refractivity contribution in [1.82, 2.24) is 0 Å². The van der Waals surface area contributed by atoms with E-state index in [1.807, 2.05) is 13.0 Å². The van der Waals surface area contributed by atoms with Gasteiger partial charge in [0.15, 0.2) is 5.78 Å². The second kappa shape index (κ2) is 5.63. The van der Waals surface area contributed by atoms with Crippen LogP contribution in [0.1, 0.15) is 44.2 Å².